The molecule has 3 nitrogen and oxygen atoms in total. The van der Waals surface area contributed by atoms with Gasteiger partial charge in [-0.15, -0.1) is 0 Å². The Hall–Kier alpha value is -0.0900. The SMILES string of the molecule is CC(Cl)=C(Cl)OC(=O)OC(Cl)=C(C)Cl. The first-order chi connectivity index (χ1) is 6.34. The summed E-state index contributed by atoms with van der Waals surface area (Å²) in [6.07, 6.45) is -1.11. The second-order valence-electron chi connectivity index (χ2n) is 2.07. The van der Waals surface area contributed by atoms with Gasteiger partial charge in [0.05, 0.1) is 10.1 Å². The van der Waals surface area contributed by atoms with Gasteiger partial charge in [-0.25, -0.2) is 4.79 Å². The molecule has 0 aromatic carbocycles. The van der Waals surface area contributed by atoms with Gasteiger partial charge in [-0.3, -0.25) is 0 Å². The lowest BCUT2D eigenvalue weighted by Gasteiger charge is -2.03. The lowest BCUT2D eigenvalue weighted by Crippen LogP contribution is -2.04. The van der Waals surface area contributed by atoms with Crippen LogP contribution in [0.1, 0.15) is 13.8 Å². The molecule has 0 saturated carbocycles. The van der Waals surface area contributed by atoms with E-state index >= 15 is 0 Å². The highest BCUT2D eigenvalue weighted by atomic mass is 35.5. The van der Waals surface area contributed by atoms with Crippen molar-refractivity contribution < 1.29 is 14.3 Å². The zero-order chi connectivity index (χ0) is 11.3. The minimum absolute atomic E-state index is 0.117. The molecular formula is C7H6Cl4O3. The maximum atomic E-state index is 10.9. The van der Waals surface area contributed by atoms with Gasteiger partial charge in [0.25, 0.3) is 0 Å². The fourth-order valence-corrected chi connectivity index (χ4v) is 0.511. The molecular weight excluding hydrogens is 274 g/mol. The second kappa shape index (κ2) is 6.40. The molecule has 0 N–H and O–H groups in total. The van der Waals surface area contributed by atoms with Crippen LogP contribution < -0.4 is 0 Å². The largest absolute Gasteiger partial charge is 0.521 e. The van der Waals surface area contributed by atoms with E-state index in [-0.39, 0.29) is 20.5 Å². The van der Waals surface area contributed by atoms with E-state index in [0.29, 0.717) is 0 Å². The van der Waals surface area contributed by atoms with Crippen LogP contribution in [0.25, 0.3) is 0 Å². The van der Waals surface area contributed by atoms with E-state index in [2.05, 4.69) is 9.47 Å². The normalized spacial score (nSPS) is 14.1. The third-order valence-corrected chi connectivity index (χ3v) is 2.15. The summed E-state index contributed by atoms with van der Waals surface area (Å²) in [5, 5.41) is -0.334. The van der Waals surface area contributed by atoms with Crippen molar-refractivity contribution in [3.63, 3.8) is 0 Å². The molecule has 0 saturated heterocycles. The van der Waals surface area contributed by atoms with Crippen LogP contribution in [-0.4, -0.2) is 6.16 Å². The molecule has 0 aromatic rings. The average Bonchev–Trinajstić information content (AvgIpc) is 2.03. The van der Waals surface area contributed by atoms with Crippen LogP contribution >= 0.6 is 46.4 Å². The monoisotopic (exact) mass is 278 g/mol. The molecule has 0 aliphatic rings. The van der Waals surface area contributed by atoms with Gasteiger partial charge in [-0.2, -0.15) is 0 Å². The van der Waals surface area contributed by atoms with Gasteiger partial charge >= 0.3 is 6.16 Å². The highest BCUT2D eigenvalue weighted by molar-refractivity contribution is 6.39. The van der Waals surface area contributed by atoms with Crippen LogP contribution in [-0.2, 0) is 9.47 Å². The van der Waals surface area contributed by atoms with Gasteiger partial charge in [-0.1, -0.05) is 23.2 Å². The highest BCUT2D eigenvalue weighted by Crippen LogP contribution is 2.18. The topological polar surface area (TPSA) is 35.5 Å². The summed E-state index contributed by atoms with van der Waals surface area (Å²) in [5.74, 6) is 0. The number of rotatable bonds is 2. The van der Waals surface area contributed by atoms with Crippen molar-refractivity contribution in [3.05, 3.63) is 20.5 Å². The predicted octanol–water partition coefficient (Wildman–Crippen LogP) is 4.47. The van der Waals surface area contributed by atoms with Gasteiger partial charge in [0.15, 0.2) is 0 Å². The molecule has 0 radical (unpaired) electrons. The number of carbonyl (C=O) groups excluding carboxylic acids is 1. The third-order valence-electron chi connectivity index (χ3n) is 0.888. The van der Waals surface area contributed by atoms with Crippen LogP contribution in [0.3, 0.4) is 0 Å². The number of allylic oxidation sites excluding steroid dienone is 2. The summed E-state index contributed by atoms with van der Waals surface area (Å²) in [7, 11) is 0. The predicted molar refractivity (Wildman–Crippen MR) is 56.4 cm³/mol. The molecule has 0 rings (SSSR count). The van der Waals surface area contributed by atoms with Crippen molar-refractivity contribution in [3.8, 4) is 0 Å². The smallest absolute Gasteiger partial charge is 0.381 e. The number of hydrogen-bond acceptors (Lipinski definition) is 3. The lowest BCUT2D eigenvalue weighted by atomic mass is 10.7. The second-order valence-corrected chi connectivity index (χ2v) is 3.89. The summed E-state index contributed by atoms with van der Waals surface area (Å²) < 4.78 is 8.81. The number of halogens is 4. The van der Waals surface area contributed by atoms with Gasteiger partial charge in [0.2, 0.25) is 10.4 Å². The first-order valence-electron chi connectivity index (χ1n) is 3.28. The summed E-state index contributed by atoms with van der Waals surface area (Å²) in [5.41, 5.74) is 0. The van der Waals surface area contributed by atoms with E-state index in [0.717, 1.165) is 0 Å². The minimum atomic E-state index is -1.11. The summed E-state index contributed by atoms with van der Waals surface area (Å²) in [6.45, 7) is 2.89. The lowest BCUT2D eigenvalue weighted by molar-refractivity contribution is 0.113. The molecule has 0 amide bonds. The standard InChI is InChI=1S/C7H6Cl4O3/c1-3(8)5(10)13-7(12)14-6(11)4(2)9/h1-2H3. The molecule has 0 heterocycles. The first kappa shape index (κ1) is 13.9. The van der Waals surface area contributed by atoms with Gasteiger partial charge in [0, 0.05) is 0 Å². The van der Waals surface area contributed by atoms with E-state index in [1.54, 1.807) is 0 Å². The van der Waals surface area contributed by atoms with E-state index in [1.807, 2.05) is 0 Å². The van der Waals surface area contributed by atoms with Crippen molar-refractivity contribution in [1.82, 2.24) is 0 Å². The summed E-state index contributed by atoms with van der Waals surface area (Å²) in [4.78, 5) is 10.9. The van der Waals surface area contributed by atoms with Crippen molar-refractivity contribution in [2.75, 3.05) is 0 Å². The minimum Gasteiger partial charge on any atom is -0.381 e. The Morgan fingerprint density at radius 2 is 1.14 bits per heavy atom. The summed E-state index contributed by atoms with van der Waals surface area (Å²) in [6, 6.07) is 0. The Morgan fingerprint density at radius 3 is 1.36 bits per heavy atom. The van der Waals surface area contributed by atoms with Crippen LogP contribution in [0.15, 0.2) is 20.5 Å². The molecule has 14 heavy (non-hydrogen) atoms. The molecule has 0 aliphatic heterocycles. The quantitative estimate of drug-likeness (QED) is 0.552. The zero-order valence-electron chi connectivity index (χ0n) is 7.24. The summed E-state index contributed by atoms with van der Waals surface area (Å²) >= 11 is 21.6. The molecule has 0 spiro atoms. The Balaban J connectivity index is 4.28. The fourth-order valence-electron chi connectivity index (χ4n) is 0.308. The van der Waals surface area contributed by atoms with Crippen LogP contribution in [0, 0.1) is 0 Å². The highest BCUT2D eigenvalue weighted by Gasteiger charge is 2.11. The molecule has 7 heteroatoms. The van der Waals surface area contributed by atoms with E-state index in [9.17, 15) is 4.79 Å². The van der Waals surface area contributed by atoms with E-state index in [1.165, 1.54) is 13.8 Å². The molecule has 0 fully saturated rings. The fraction of sp³-hybridized carbons (Fsp3) is 0.286. The maximum absolute atomic E-state index is 10.9. The Bertz CT molecular complexity index is 259. The Morgan fingerprint density at radius 1 is 0.857 bits per heavy atom. The Kier molecular flexibility index (Phi) is 6.36. The number of hydrogen-bond donors (Lipinski definition) is 0. The van der Waals surface area contributed by atoms with Crippen molar-refractivity contribution in [1.29, 1.82) is 0 Å². The van der Waals surface area contributed by atoms with Crippen LogP contribution in [0.5, 0.6) is 0 Å². The molecule has 0 atom stereocenters. The van der Waals surface area contributed by atoms with Crippen molar-refractivity contribution in [2.45, 2.75) is 13.8 Å². The van der Waals surface area contributed by atoms with Gasteiger partial charge in [-0.05, 0) is 37.0 Å². The molecule has 0 bridgehead atoms. The van der Waals surface area contributed by atoms with E-state index in [4.69, 9.17) is 46.4 Å². The number of ether oxygens (including phenoxy) is 2. The molecule has 0 unspecified atom stereocenters. The maximum Gasteiger partial charge on any atom is 0.521 e. The zero-order valence-corrected chi connectivity index (χ0v) is 10.3. The first-order valence-corrected chi connectivity index (χ1v) is 4.79. The average molecular weight is 280 g/mol. The van der Waals surface area contributed by atoms with Crippen molar-refractivity contribution >= 4 is 52.6 Å². The van der Waals surface area contributed by atoms with Gasteiger partial charge in [0.1, 0.15) is 0 Å². The van der Waals surface area contributed by atoms with Gasteiger partial charge < -0.3 is 9.47 Å². The third kappa shape index (κ3) is 5.60. The Labute approximate surface area is 101 Å². The van der Waals surface area contributed by atoms with Crippen LogP contribution in [0.2, 0.25) is 0 Å². The van der Waals surface area contributed by atoms with Crippen LogP contribution in [0.4, 0.5) is 4.79 Å². The molecule has 0 aliphatic carbocycles. The molecule has 0 aromatic heterocycles. The van der Waals surface area contributed by atoms with Crippen molar-refractivity contribution in [2.24, 2.45) is 0 Å². The van der Waals surface area contributed by atoms with E-state index < -0.39 is 6.16 Å². The number of carbonyl (C=O) groups is 1. The molecule has 80 valence electrons.